The Kier molecular flexibility index (Phi) is 13.7. The molecule has 14 heteroatoms. The number of hydrogen-bond donors (Lipinski definition) is 7. The van der Waals surface area contributed by atoms with Gasteiger partial charge in [-0.2, -0.15) is 0 Å². The summed E-state index contributed by atoms with van der Waals surface area (Å²) in [7, 11) is -7.58. The molecule has 0 amide bonds. The van der Waals surface area contributed by atoms with Gasteiger partial charge in [0.1, 0.15) is 5.75 Å². The fourth-order valence-corrected chi connectivity index (χ4v) is 2.48. The van der Waals surface area contributed by atoms with Gasteiger partial charge in [-0.1, -0.05) is 19.9 Å². The Hall–Kier alpha value is -1.59. The van der Waals surface area contributed by atoms with Gasteiger partial charge in [0.15, 0.2) is 0 Å². The zero-order chi connectivity index (χ0) is 24.1. The van der Waals surface area contributed by atoms with Crippen LogP contribution in [0.5, 0.6) is 5.75 Å². The fourth-order valence-electron chi connectivity index (χ4n) is 2.48. The third-order valence-electron chi connectivity index (χ3n) is 3.78. The van der Waals surface area contributed by atoms with E-state index in [1.165, 1.54) is 0 Å². The van der Waals surface area contributed by atoms with E-state index in [0.29, 0.717) is 0 Å². The second-order valence-electron chi connectivity index (χ2n) is 6.08. The summed E-state index contributed by atoms with van der Waals surface area (Å²) in [5.74, 6) is 0.863. The molecule has 0 aliphatic heterocycles. The van der Waals surface area contributed by atoms with Crippen molar-refractivity contribution in [2.45, 2.75) is 20.3 Å². The number of pyridine rings is 1. The molecule has 0 bridgehead atoms. The van der Waals surface area contributed by atoms with Crippen LogP contribution >= 0.6 is 15.6 Å². The second-order valence-corrected chi connectivity index (χ2v) is 8.14. The number of nitrogens with zero attached hydrogens (tertiary/aromatic N) is 2. The molecule has 1 aromatic carbocycles. The molecular weight excluding hydrogens is 452 g/mol. The van der Waals surface area contributed by atoms with Crippen molar-refractivity contribution in [3.05, 3.63) is 30.5 Å². The Morgan fingerprint density at radius 3 is 2.06 bits per heavy atom. The number of hydrogen-bond acceptors (Lipinski definition) is 6. The molecule has 0 fully saturated rings. The van der Waals surface area contributed by atoms with Crippen molar-refractivity contribution < 1.29 is 43.2 Å². The third-order valence-corrected chi connectivity index (χ3v) is 3.78. The Morgan fingerprint density at radius 2 is 1.58 bits per heavy atom. The maximum atomic E-state index is 8.88. The maximum absolute atomic E-state index is 8.88. The molecule has 12 nitrogen and oxygen atoms in total. The molecule has 2 rings (SSSR count). The van der Waals surface area contributed by atoms with E-state index in [9.17, 15) is 0 Å². The molecule has 0 unspecified atom stereocenters. The minimum Gasteiger partial charge on any atom is -0.497 e. The molecule has 0 saturated carbocycles. The van der Waals surface area contributed by atoms with Crippen molar-refractivity contribution in [3.8, 4) is 5.75 Å². The lowest BCUT2D eigenvalue weighted by atomic mass is 10.1. The predicted molar refractivity (Wildman–Crippen MR) is 118 cm³/mol. The van der Waals surface area contributed by atoms with Gasteiger partial charge in [-0.3, -0.25) is 4.98 Å². The average molecular weight is 483 g/mol. The van der Waals surface area contributed by atoms with Gasteiger partial charge in [0.2, 0.25) is 0 Å². The van der Waals surface area contributed by atoms with Gasteiger partial charge >= 0.3 is 15.6 Å². The van der Waals surface area contributed by atoms with Crippen molar-refractivity contribution in [1.82, 2.24) is 9.88 Å². The lowest BCUT2D eigenvalue weighted by Crippen LogP contribution is -2.25. The molecular formula is C17H31N3O9P2. The summed E-state index contributed by atoms with van der Waals surface area (Å²) < 4.78 is 23.1. The van der Waals surface area contributed by atoms with Gasteiger partial charge in [-0.05, 0) is 38.2 Å². The highest BCUT2D eigenvalue weighted by atomic mass is 31.2. The summed E-state index contributed by atoms with van der Waals surface area (Å²) in [6.07, 6.45) is 2.95. The van der Waals surface area contributed by atoms with Crippen molar-refractivity contribution in [1.29, 1.82) is 0 Å². The molecule has 31 heavy (non-hydrogen) atoms. The first kappa shape index (κ1) is 29.4. The fraction of sp³-hybridized carbons (Fsp3) is 0.471. The summed E-state index contributed by atoms with van der Waals surface area (Å²) >= 11 is 0. The van der Waals surface area contributed by atoms with Crippen LogP contribution in [-0.4, -0.2) is 72.5 Å². The molecule has 1 aromatic heterocycles. The van der Waals surface area contributed by atoms with Crippen LogP contribution in [0.3, 0.4) is 0 Å². The average Bonchev–Trinajstić information content (AvgIpc) is 2.65. The maximum Gasteiger partial charge on any atom is 0.466 e. The number of ether oxygens (including phenoxy) is 1. The van der Waals surface area contributed by atoms with Gasteiger partial charge in [0.05, 0.1) is 18.3 Å². The first-order chi connectivity index (χ1) is 14.3. The van der Waals surface area contributed by atoms with Gasteiger partial charge in [-0.15, -0.1) is 0 Å². The molecule has 0 saturated heterocycles. The summed E-state index contributed by atoms with van der Waals surface area (Å²) in [6.45, 7) is 8.69. The van der Waals surface area contributed by atoms with Gasteiger partial charge in [-0.25, -0.2) is 9.13 Å². The predicted octanol–water partition coefficient (Wildman–Crippen LogP) is 1.53. The van der Waals surface area contributed by atoms with Crippen LogP contribution in [0.15, 0.2) is 30.5 Å². The number of phosphoric acid groups is 2. The highest BCUT2D eigenvalue weighted by Gasteiger charge is 2.06. The van der Waals surface area contributed by atoms with Gasteiger partial charge in [0, 0.05) is 24.2 Å². The van der Waals surface area contributed by atoms with Crippen LogP contribution in [0.25, 0.3) is 10.9 Å². The molecule has 1 heterocycles. The van der Waals surface area contributed by atoms with Crippen molar-refractivity contribution in [2.75, 3.05) is 38.6 Å². The highest BCUT2D eigenvalue weighted by Crippen LogP contribution is 2.28. The summed E-state index contributed by atoms with van der Waals surface area (Å²) in [5, 5.41) is 4.60. The summed E-state index contributed by atoms with van der Waals surface area (Å²) in [5.41, 5.74) is 2.05. The second kappa shape index (κ2) is 14.5. The molecule has 178 valence electrons. The van der Waals surface area contributed by atoms with E-state index in [-0.39, 0.29) is 0 Å². The van der Waals surface area contributed by atoms with Crippen molar-refractivity contribution in [2.24, 2.45) is 0 Å². The number of methoxy groups -OCH3 is 1. The quantitative estimate of drug-likeness (QED) is 0.212. The molecule has 2 aromatic rings. The number of rotatable bonds is 8. The van der Waals surface area contributed by atoms with Crippen LogP contribution in [0.2, 0.25) is 0 Å². The van der Waals surface area contributed by atoms with Gasteiger partial charge in [0.25, 0.3) is 0 Å². The molecule has 0 aliphatic rings. The van der Waals surface area contributed by atoms with E-state index < -0.39 is 15.6 Å². The van der Waals surface area contributed by atoms with Crippen LogP contribution < -0.4 is 10.1 Å². The van der Waals surface area contributed by atoms with Crippen LogP contribution in [0.4, 0.5) is 5.69 Å². The number of benzene rings is 1. The minimum absolute atomic E-state index is 0.863. The monoisotopic (exact) mass is 483 g/mol. The Labute approximate surface area is 181 Å². The van der Waals surface area contributed by atoms with E-state index in [1.54, 1.807) is 7.11 Å². The van der Waals surface area contributed by atoms with E-state index in [1.807, 2.05) is 24.4 Å². The molecule has 0 spiro atoms. The van der Waals surface area contributed by atoms with Crippen molar-refractivity contribution >= 4 is 32.2 Å². The number of fused-ring (bicyclic) bond motifs is 1. The van der Waals surface area contributed by atoms with E-state index >= 15 is 0 Å². The number of anilines is 1. The van der Waals surface area contributed by atoms with Gasteiger partial charge < -0.3 is 44.3 Å². The normalized spacial score (nSPS) is 11.3. The molecule has 0 radical (unpaired) electrons. The zero-order valence-electron chi connectivity index (χ0n) is 17.6. The van der Waals surface area contributed by atoms with Crippen molar-refractivity contribution in [3.63, 3.8) is 0 Å². The number of aromatic nitrogens is 1. The third kappa shape index (κ3) is 16.7. The lowest BCUT2D eigenvalue weighted by Gasteiger charge is -2.18. The van der Waals surface area contributed by atoms with Crippen LogP contribution in [0, 0.1) is 0 Å². The topological polar surface area (TPSA) is 193 Å². The van der Waals surface area contributed by atoms with E-state index in [2.05, 4.69) is 35.1 Å². The lowest BCUT2D eigenvalue weighted by molar-refractivity contribution is 0.272. The number of nitrogens with one attached hydrogen (secondary N) is 1. The Balaban J connectivity index is 0.000000752. The first-order valence-electron chi connectivity index (χ1n) is 9.24. The Morgan fingerprint density at radius 1 is 1.03 bits per heavy atom. The molecule has 0 atom stereocenters. The molecule has 0 aliphatic carbocycles. The standard InChI is InChI=1S/C17H25N3O.2H3O4P/c1-4-20(5-2)11-7-10-18-16-13-15(21-3)12-14-8-6-9-19-17(14)16;2*1-5(2,3)4/h6,8-9,12-13,18H,4-5,7,10-11H2,1-3H3;2*(H3,1,2,3,4). The Bertz CT molecular complexity index is 833. The SMILES string of the molecule is CCN(CC)CCCNc1cc(OC)cc2cccnc12.O=P(O)(O)O.O=P(O)(O)O. The van der Waals surface area contributed by atoms with E-state index in [4.69, 9.17) is 43.2 Å². The summed E-state index contributed by atoms with van der Waals surface area (Å²) in [4.78, 5) is 50.0. The highest BCUT2D eigenvalue weighted by molar-refractivity contribution is 7.45. The van der Waals surface area contributed by atoms with Crippen LogP contribution in [0.1, 0.15) is 20.3 Å². The largest absolute Gasteiger partial charge is 0.497 e. The zero-order valence-corrected chi connectivity index (χ0v) is 19.4. The molecule has 7 N–H and O–H groups in total. The van der Waals surface area contributed by atoms with Crippen LogP contribution in [-0.2, 0) is 9.13 Å². The van der Waals surface area contributed by atoms with E-state index in [0.717, 1.165) is 54.9 Å². The first-order valence-corrected chi connectivity index (χ1v) is 12.4. The smallest absolute Gasteiger partial charge is 0.466 e. The summed E-state index contributed by atoms with van der Waals surface area (Å²) in [6, 6.07) is 8.05. The minimum atomic E-state index is -4.64.